The van der Waals surface area contributed by atoms with Crippen molar-refractivity contribution in [2.24, 2.45) is 7.05 Å². The molecule has 0 aliphatic heterocycles. The van der Waals surface area contributed by atoms with Crippen LogP contribution in [0.2, 0.25) is 0 Å². The fourth-order valence-electron chi connectivity index (χ4n) is 2.24. The molecule has 1 N–H and O–H groups in total. The Bertz CT molecular complexity index is 494. The fourth-order valence-corrected chi connectivity index (χ4v) is 2.24. The Morgan fingerprint density at radius 3 is 2.95 bits per heavy atom. The van der Waals surface area contributed by atoms with Crippen LogP contribution >= 0.6 is 0 Å². The van der Waals surface area contributed by atoms with Crippen molar-refractivity contribution in [3.05, 3.63) is 42.2 Å². The fraction of sp³-hybridized carbons (Fsp3) is 0.533. The minimum absolute atomic E-state index is 0.429. The second kappa shape index (κ2) is 7.75. The maximum absolute atomic E-state index is 4.32. The van der Waals surface area contributed by atoms with E-state index in [1.54, 1.807) is 6.33 Å². The molecule has 0 saturated heterocycles. The smallest absolute Gasteiger partial charge is 0.138 e. The summed E-state index contributed by atoms with van der Waals surface area (Å²) in [6, 6.07) is 4.55. The molecule has 0 amide bonds. The Balaban J connectivity index is 1.91. The van der Waals surface area contributed by atoms with Gasteiger partial charge in [-0.15, -0.1) is 0 Å². The Hall–Kier alpha value is -1.75. The highest BCUT2D eigenvalue weighted by molar-refractivity contribution is 5.08. The lowest BCUT2D eigenvalue weighted by atomic mass is 10.0. The molecule has 5 heteroatoms. The molecule has 0 aliphatic carbocycles. The van der Waals surface area contributed by atoms with Crippen LogP contribution in [0.25, 0.3) is 0 Å². The topological polar surface area (TPSA) is 55.6 Å². The molecule has 0 bridgehead atoms. The van der Waals surface area contributed by atoms with Crippen LogP contribution < -0.4 is 5.32 Å². The summed E-state index contributed by atoms with van der Waals surface area (Å²) in [7, 11) is 1.94. The molecule has 0 spiro atoms. The third-order valence-corrected chi connectivity index (χ3v) is 3.42. The number of rotatable bonds is 8. The van der Waals surface area contributed by atoms with Gasteiger partial charge in [0.2, 0.25) is 0 Å². The maximum atomic E-state index is 4.32. The number of aromatic nitrogens is 4. The highest BCUT2D eigenvalue weighted by Gasteiger charge is 2.12. The molecule has 1 atom stereocenters. The first-order valence-corrected chi connectivity index (χ1v) is 7.24. The molecule has 0 aromatic carbocycles. The van der Waals surface area contributed by atoms with E-state index in [1.165, 1.54) is 5.56 Å². The average molecular weight is 273 g/mol. The van der Waals surface area contributed by atoms with Crippen molar-refractivity contribution in [2.75, 3.05) is 6.54 Å². The third kappa shape index (κ3) is 4.42. The van der Waals surface area contributed by atoms with Crippen LogP contribution in [0.1, 0.15) is 31.2 Å². The van der Waals surface area contributed by atoms with E-state index >= 15 is 0 Å². The number of hydrogen-bond acceptors (Lipinski definition) is 4. The monoisotopic (exact) mass is 273 g/mol. The second-order valence-electron chi connectivity index (χ2n) is 5.05. The number of hydrogen-bond donors (Lipinski definition) is 1. The second-order valence-corrected chi connectivity index (χ2v) is 5.05. The summed E-state index contributed by atoms with van der Waals surface area (Å²) in [6.07, 6.45) is 9.55. The van der Waals surface area contributed by atoms with Crippen LogP contribution in [0.4, 0.5) is 0 Å². The molecule has 1 unspecified atom stereocenters. The van der Waals surface area contributed by atoms with Gasteiger partial charge in [-0.2, -0.15) is 5.10 Å². The van der Waals surface area contributed by atoms with Crippen molar-refractivity contribution in [3.8, 4) is 0 Å². The molecule has 2 aromatic heterocycles. The quantitative estimate of drug-likeness (QED) is 0.796. The van der Waals surface area contributed by atoms with Gasteiger partial charge >= 0.3 is 0 Å². The van der Waals surface area contributed by atoms with E-state index in [2.05, 4.69) is 33.4 Å². The summed E-state index contributed by atoms with van der Waals surface area (Å²) in [5.41, 5.74) is 1.29. The summed E-state index contributed by atoms with van der Waals surface area (Å²) in [5.74, 6) is 1.03. The largest absolute Gasteiger partial charge is 0.314 e. The van der Waals surface area contributed by atoms with Crippen LogP contribution in [0.5, 0.6) is 0 Å². The van der Waals surface area contributed by atoms with Crippen LogP contribution in [0, 0.1) is 0 Å². The molecule has 0 saturated carbocycles. The van der Waals surface area contributed by atoms with E-state index in [-0.39, 0.29) is 0 Å². The zero-order valence-electron chi connectivity index (χ0n) is 12.3. The van der Waals surface area contributed by atoms with Crippen LogP contribution in [-0.4, -0.2) is 32.3 Å². The zero-order chi connectivity index (χ0) is 14.2. The SMILES string of the molecule is CCCNC(CCc1cccnc1)Cc1ncnn1C. The highest BCUT2D eigenvalue weighted by Crippen LogP contribution is 2.08. The van der Waals surface area contributed by atoms with Gasteiger partial charge in [0.15, 0.2) is 0 Å². The minimum Gasteiger partial charge on any atom is -0.314 e. The number of aryl methyl sites for hydroxylation is 2. The van der Waals surface area contributed by atoms with Crippen LogP contribution in [0.3, 0.4) is 0 Å². The van der Waals surface area contributed by atoms with Crippen molar-refractivity contribution in [1.29, 1.82) is 0 Å². The maximum Gasteiger partial charge on any atom is 0.138 e. The standard InChI is InChI=1S/C15H23N5/c1-3-8-17-14(10-15-18-12-19-20(15)2)7-6-13-5-4-9-16-11-13/h4-5,9,11-12,14,17H,3,6-8,10H2,1-2H3. The summed E-state index contributed by atoms with van der Waals surface area (Å²) in [6.45, 7) is 3.23. The van der Waals surface area contributed by atoms with Crippen molar-refractivity contribution in [1.82, 2.24) is 25.1 Å². The highest BCUT2D eigenvalue weighted by atomic mass is 15.3. The molecule has 5 nitrogen and oxygen atoms in total. The van der Waals surface area contributed by atoms with Gasteiger partial charge in [0.05, 0.1) is 0 Å². The van der Waals surface area contributed by atoms with Crippen molar-refractivity contribution >= 4 is 0 Å². The van der Waals surface area contributed by atoms with E-state index in [9.17, 15) is 0 Å². The van der Waals surface area contributed by atoms with Gasteiger partial charge in [-0.3, -0.25) is 9.67 Å². The van der Waals surface area contributed by atoms with E-state index in [0.29, 0.717) is 6.04 Å². The van der Waals surface area contributed by atoms with Gasteiger partial charge < -0.3 is 5.32 Å². The lowest BCUT2D eigenvalue weighted by Crippen LogP contribution is -2.33. The van der Waals surface area contributed by atoms with Gasteiger partial charge in [-0.1, -0.05) is 13.0 Å². The van der Waals surface area contributed by atoms with Gasteiger partial charge in [-0.05, 0) is 37.4 Å². The molecule has 2 heterocycles. The molecule has 108 valence electrons. The molecule has 0 radical (unpaired) electrons. The molecule has 2 rings (SSSR count). The Morgan fingerprint density at radius 2 is 2.30 bits per heavy atom. The summed E-state index contributed by atoms with van der Waals surface area (Å²) in [5, 5.41) is 7.74. The van der Waals surface area contributed by atoms with Gasteiger partial charge in [0.25, 0.3) is 0 Å². The predicted octanol–water partition coefficient (Wildman–Crippen LogP) is 1.75. The Kier molecular flexibility index (Phi) is 5.68. The molecule has 0 fully saturated rings. The van der Waals surface area contributed by atoms with E-state index in [0.717, 1.165) is 38.1 Å². The first-order chi connectivity index (χ1) is 9.79. The van der Waals surface area contributed by atoms with Crippen LogP contribution in [-0.2, 0) is 19.9 Å². The molecular formula is C15H23N5. The lowest BCUT2D eigenvalue weighted by molar-refractivity contribution is 0.461. The summed E-state index contributed by atoms with van der Waals surface area (Å²) >= 11 is 0. The minimum atomic E-state index is 0.429. The normalized spacial score (nSPS) is 12.5. The predicted molar refractivity (Wildman–Crippen MR) is 79.3 cm³/mol. The lowest BCUT2D eigenvalue weighted by Gasteiger charge is -2.18. The van der Waals surface area contributed by atoms with Gasteiger partial charge in [0.1, 0.15) is 12.2 Å². The van der Waals surface area contributed by atoms with E-state index in [4.69, 9.17) is 0 Å². The van der Waals surface area contributed by atoms with Gasteiger partial charge in [0, 0.05) is 31.9 Å². The summed E-state index contributed by atoms with van der Waals surface area (Å²) < 4.78 is 1.85. The number of nitrogens with zero attached hydrogens (tertiary/aromatic N) is 4. The Morgan fingerprint density at radius 1 is 1.40 bits per heavy atom. The molecule has 0 aliphatic rings. The number of pyridine rings is 1. The molecular weight excluding hydrogens is 250 g/mol. The Labute approximate surface area is 120 Å². The van der Waals surface area contributed by atoms with Crippen molar-refractivity contribution in [3.63, 3.8) is 0 Å². The summed E-state index contributed by atoms with van der Waals surface area (Å²) in [4.78, 5) is 8.49. The molecule has 2 aromatic rings. The van der Waals surface area contributed by atoms with Crippen LogP contribution in [0.15, 0.2) is 30.9 Å². The van der Waals surface area contributed by atoms with E-state index in [1.807, 2.05) is 30.2 Å². The first-order valence-electron chi connectivity index (χ1n) is 7.24. The first kappa shape index (κ1) is 14.7. The van der Waals surface area contributed by atoms with Crippen molar-refractivity contribution in [2.45, 2.75) is 38.6 Å². The number of nitrogens with one attached hydrogen (secondary N) is 1. The zero-order valence-corrected chi connectivity index (χ0v) is 12.3. The van der Waals surface area contributed by atoms with Gasteiger partial charge in [-0.25, -0.2) is 4.98 Å². The molecule has 20 heavy (non-hydrogen) atoms. The van der Waals surface area contributed by atoms with E-state index < -0.39 is 0 Å². The van der Waals surface area contributed by atoms with Crippen molar-refractivity contribution < 1.29 is 0 Å². The average Bonchev–Trinajstić information content (AvgIpc) is 2.88. The third-order valence-electron chi connectivity index (χ3n) is 3.42.